The molecule has 0 radical (unpaired) electrons. The van der Waals surface area contributed by atoms with Crippen LogP contribution < -0.4 is 10.6 Å². The highest BCUT2D eigenvalue weighted by molar-refractivity contribution is 7.91. The van der Waals surface area contributed by atoms with Crippen LogP contribution in [0.3, 0.4) is 0 Å². The van der Waals surface area contributed by atoms with E-state index in [-0.39, 0.29) is 39.6 Å². The molecule has 170 valence electrons. The van der Waals surface area contributed by atoms with Crippen molar-refractivity contribution in [2.24, 2.45) is 5.92 Å². The number of carbonyl (C=O) groups excluding carboxylic acids is 1. The maximum absolute atomic E-state index is 13.0. The number of sulfone groups is 1. The summed E-state index contributed by atoms with van der Waals surface area (Å²) >= 11 is 0. The summed E-state index contributed by atoms with van der Waals surface area (Å²) in [4.78, 5) is 30.1. The summed E-state index contributed by atoms with van der Waals surface area (Å²) in [7, 11) is -2.44. The number of amides is 1. The molecule has 9 nitrogen and oxygen atoms in total. The van der Waals surface area contributed by atoms with Crippen LogP contribution in [0.1, 0.15) is 25.3 Å². The molecule has 0 saturated heterocycles. The largest absolute Gasteiger partial charge is 0.416 e. The Kier molecular flexibility index (Phi) is 5.11. The van der Waals surface area contributed by atoms with Crippen molar-refractivity contribution in [1.82, 2.24) is 19.2 Å². The smallest absolute Gasteiger partial charge is 0.314 e. The van der Waals surface area contributed by atoms with Crippen LogP contribution in [0.15, 0.2) is 40.3 Å². The van der Waals surface area contributed by atoms with Gasteiger partial charge in [0.2, 0.25) is 5.91 Å². The van der Waals surface area contributed by atoms with E-state index in [2.05, 4.69) is 10.1 Å². The van der Waals surface area contributed by atoms with Crippen molar-refractivity contribution in [3.8, 4) is 5.82 Å². The highest BCUT2D eigenvalue weighted by Gasteiger charge is 2.34. The topological polar surface area (TPSA) is 107 Å². The Hall–Kier alpha value is -3.22. The predicted molar refractivity (Wildman–Crippen MR) is 107 cm³/mol. The maximum atomic E-state index is 13.0. The molecule has 32 heavy (non-hydrogen) atoms. The minimum absolute atomic E-state index is 0.116. The van der Waals surface area contributed by atoms with Crippen LogP contribution in [-0.2, 0) is 20.8 Å². The van der Waals surface area contributed by atoms with Crippen molar-refractivity contribution in [2.75, 3.05) is 17.7 Å². The molecule has 1 amide bonds. The average molecular weight is 469 g/mol. The molecule has 1 aliphatic carbocycles. The number of nitrogens with zero attached hydrogens (tertiary/aromatic N) is 5. The normalized spacial score (nSPS) is 14.7. The van der Waals surface area contributed by atoms with Crippen molar-refractivity contribution in [3.63, 3.8) is 0 Å². The van der Waals surface area contributed by atoms with Gasteiger partial charge in [-0.25, -0.2) is 22.6 Å². The number of rotatable bonds is 5. The number of alkyl halides is 3. The molecule has 3 aromatic heterocycles. The quantitative estimate of drug-likeness (QED) is 0.566. The van der Waals surface area contributed by atoms with Crippen molar-refractivity contribution < 1.29 is 26.4 Å². The minimum atomic E-state index is -4.64. The summed E-state index contributed by atoms with van der Waals surface area (Å²) in [5.74, 6) is -0.977. The number of anilines is 1. The molecule has 3 heterocycles. The molecule has 0 spiro atoms. The monoisotopic (exact) mass is 469 g/mol. The summed E-state index contributed by atoms with van der Waals surface area (Å²) in [6, 6.07) is 2.63. The molecule has 1 fully saturated rings. The zero-order chi connectivity index (χ0) is 23.4. The highest BCUT2D eigenvalue weighted by atomic mass is 32.2. The lowest BCUT2D eigenvalue weighted by atomic mass is 10.2. The lowest BCUT2D eigenvalue weighted by Gasteiger charge is -2.18. The van der Waals surface area contributed by atoms with E-state index in [1.54, 1.807) is 0 Å². The second-order valence-electron chi connectivity index (χ2n) is 7.43. The SMILES string of the molecule is CCS(=O)(=O)c1cc(N(C)C(=O)C2CC2)cnc1-n1nc2cc(C(F)(F)F)ccn2c1=O. The number of carbonyl (C=O) groups is 1. The molecule has 4 rings (SSSR count). The van der Waals surface area contributed by atoms with Crippen LogP contribution in [0.4, 0.5) is 18.9 Å². The van der Waals surface area contributed by atoms with Crippen molar-refractivity contribution in [1.29, 1.82) is 0 Å². The van der Waals surface area contributed by atoms with E-state index in [0.717, 1.165) is 29.5 Å². The Labute approximate surface area is 180 Å². The molecule has 1 aliphatic rings. The number of aromatic nitrogens is 4. The molecule has 3 aromatic rings. The van der Waals surface area contributed by atoms with Gasteiger partial charge in [0.05, 0.1) is 23.2 Å². The van der Waals surface area contributed by atoms with Gasteiger partial charge in [0.25, 0.3) is 0 Å². The van der Waals surface area contributed by atoms with Crippen molar-refractivity contribution in [2.45, 2.75) is 30.8 Å². The first-order valence-corrected chi connectivity index (χ1v) is 11.3. The summed E-state index contributed by atoms with van der Waals surface area (Å²) in [5.41, 5.74) is -2.00. The van der Waals surface area contributed by atoms with Crippen molar-refractivity contribution in [3.05, 3.63) is 46.6 Å². The fraction of sp³-hybridized carbons (Fsp3) is 0.368. The number of hydrogen-bond acceptors (Lipinski definition) is 6. The second-order valence-corrected chi connectivity index (χ2v) is 9.67. The van der Waals surface area contributed by atoms with Gasteiger partial charge in [0.1, 0.15) is 4.90 Å². The highest BCUT2D eigenvalue weighted by Crippen LogP contribution is 2.33. The van der Waals surface area contributed by atoms with Crippen LogP contribution >= 0.6 is 0 Å². The van der Waals surface area contributed by atoms with Crippen LogP contribution in [0.5, 0.6) is 0 Å². The first-order chi connectivity index (χ1) is 14.9. The molecular formula is C19H18F3N5O4S. The molecule has 0 bridgehead atoms. The number of halogens is 3. The van der Waals surface area contributed by atoms with Crippen LogP contribution in [0.2, 0.25) is 0 Å². The van der Waals surface area contributed by atoms with Crippen LogP contribution in [0, 0.1) is 5.92 Å². The van der Waals surface area contributed by atoms with Crippen molar-refractivity contribution >= 4 is 27.1 Å². The molecule has 0 aliphatic heterocycles. The lowest BCUT2D eigenvalue weighted by molar-refractivity contribution is -0.137. The predicted octanol–water partition coefficient (Wildman–Crippen LogP) is 2.07. The van der Waals surface area contributed by atoms with Gasteiger partial charge in [-0.05, 0) is 31.0 Å². The summed E-state index contributed by atoms with van der Waals surface area (Å²) < 4.78 is 66.1. The number of fused-ring (bicyclic) bond motifs is 1. The summed E-state index contributed by atoms with van der Waals surface area (Å²) in [6.07, 6.45) is -0.996. The standard InChI is InChI=1S/C19H18F3N5O4S/c1-3-32(30,31)14-9-13(25(2)17(28)11-4-5-11)10-23-16(14)27-18(29)26-7-6-12(19(20,21)22)8-15(26)24-27/h6-11H,3-5H2,1-2H3. The van der Waals surface area contributed by atoms with E-state index < -0.39 is 27.3 Å². The molecule has 0 N–H and O–H groups in total. The number of pyridine rings is 2. The second kappa shape index (κ2) is 7.43. The third-order valence-corrected chi connectivity index (χ3v) is 6.96. The molecule has 0 aromatic carbocycles. The number of hydrogen-bond donors (Lipinski definition) is 0. The van der Waals surface area contributed by atoms with Gasteiger partial charge >= 0.3 is 11.9 Å². The summed E-state index contributed by atoms with van der Waals surface area (Å²) in [6.45, 7) is 1.40. The summed E-state index contributed by atoms with van der Waals surface area (Å²) in [5, 5.41) is 3.87. The molecule has 1 saturated carbocycles. The first-order valence-electron chi connectivity index (χ1n) is 9.63. The molecule has 0 atom stereocenters. The van der Waals surface area contributed by atoms with Gasteiger partial charge < -0.3 is 4.90 Å². The Morgan fingerprint density at radius 3 is 2.56 bits per heavy atom. The van der Waals surface area contributed by atoms with E-state index in [1.807, 2.05) is 0 Å². The van der Waals surface area contributed by atoms with Gasteiger partial charge in [-0.15, -0.1) is 5.10 Å². The van der Waals surface area contributed by atoms with E-state index in [9.17, 15) is 31.2 Å². The fourth-order valence-corrected chi connectivity index (χ4v) is 4.20. The average Bonchev–Trinajstić information content (AvgIpc) is 3.55. The molecular weight excluding hydrogens is 451 g/mol. The zero-order valence-corrected chi connectivity index (χ0v) is 17.8. The molecule has 13 heteroatoms. The fourth-order valence-electron chi connectivity index (χ4n) is 3.17. The first kappa shape index (κ1) is 22.0. The lowest BCUT2D eigenvalue weighted by Crippen LogP contribution is -2.29. The Morgan fingerprint density at radius 1 is 1.28 bits per heavy atom. The van der Waals surface area contributed by atoms with Gasteiger partial charge in [-0.2, -0.15) is 17.9 Å². The van der Waals surface area contributed by atoms with E-state index >= 15 is 0 Å². The minimum Gasteiger partial charge on any atom is -0.314 e. The van der Waals surface area contributed by atoms with E-state index in [1.165, 1.54) is 31.1 Å². The Balaban J connectivity index is 1.89. The molecule has 0 unspecified atom stereocenters. The third kappa shape index (κ3) is 3.76. The van der Waals surface area contributed by atoms with Gasteiger partial charge in [0.15, 0.2) is 21.3 Å². The van der Waals surface area contributed by atoms with Crippen LogP contribution in [-0.4, -0.2) is 46.3 Å². The Morgan fingerprint density at radius 2 is 1.97 bits per heavy atom. The Bertz CT molecular complexity index is 1390. The van der Waals surface area contributed by atoms with Gasteiger partial charge in [0, 0.05) is 19.2 Å². The third-order valence-electron chi connectivity index (χ3n) is 5.23. The van der Waals surface area contributed by atoms with Gasteiger partial charge in [-0.3, -0.25) is 4.79 Å². The van der Waals surface area contributed by atoms with E-state index in [4.69, 9.17) is 0 Å². The van der Waals surface area contributed by atoms with Crippen LogP contribution in [0.25, 0.3) is 11.5 Å². The van der Waals surface area contributed by atoms with Gasteiger partial charge in [-0.1, -0.05) is 6.92 Å². The van der Waals surface area contributed by atoms with E-state index in [0.29, 0.717) is 10.7 Å². The zero-order valence-electron chi connectivity index (χ0n) is 17.0. The maximum Gasteiger partial charge on any atom is 0.416 e.